The molecule has 1 N–H and O–H groups in total. The number of aliphatic hydroxyl groups excluding tert-OH is 1. The minimum atomic E-state index is -0.610. The number of aliphatic hydroxyl groups is 1. The molecule has 1 atom stereocenters. The number of benzene rings is 1. The van der Waals surface area contributed by atoms with Gasteiger partial charge in [0, 0.05) is 13.1 Å². The summed E-state index contributed by atoms with van der Waals surface area (Å²) in [4.78, 5) is 2.14. The van der Waals surface area contributed by atoms with Crippen molar-refractivity contribution < 1.29 is 9.50 Å². The third kappa shape index (κ3) is 3.22. The minimum absolute atomic E-state index is 0.214. The molecule has 0 aliphatic carbocycles. The van der Waals surface area contributed by atoms with Crippen LogP contribution in [0.4, 0.5) is 10.1 Å². The summed E-state index contributed by atoms with van der Waals surface area (Å²) in [5, 5.41) is 9.45. The predicted octanol–water partition coefficient (Wildman–Crippen LogP) is 3.65. The third-order valence-corrected chi connectivity index (χ3v) is 3.65. The maximum Gasteiger partial charge on any atom is 0.146 e. The van der Waals surface area contributed by atoms with Gasteiger partial charge in [-0.15, -0.1) is 0 Å². The summed E-state index contributed by atoms with van der Waals surface area (Å²) >= 11 is 0. The van der Waals surface area contributed by atoms with Crippen molar-refractivity contribution in [2.24, 2.45) is 0 Å². The van der Waals surface area contributed by atoms with Crippen LogP contribution in [0.2, 0.25) is 0 Å². The highest BCUT2D eigenvalue weighted by molar-refractivity contribution is 5.49. The number of nitrogens with zero attached hydrogens (tertiary/aromatic N) is 1. The van der Waals surface area contributed by atoms with Gasteiger partial charge in [-0.2, -0.15) is 0 Å². The van der Waals surface area contributed by atoms with Gasteiger partial charge in [-0.05, 0) is 37.5 Å². The van der Waals surface area contributed by atoms with Crippen LogP contribution in [0.1, 0.15) is 50.7 Å². The van der Waals surface area contributed by atoms with E-state index in [-0.39, 0.29) is 5.82 Å². The average Bonchev–Trinajstić information content (AvgIpc) is 2.29. The second-order valence-electron chi connectivity index (χ2n) is 5.14. The first kappa shape index (κ1) is 13.3. The normalized spacial score (nSPS) is 19.2. The Bertz CT molecular complexity index is 384. The van der Waals surface area contributed by atoms with Crippen molar-refractivity contribution >= 4 is 5.69 Å². The van der Waals surface area contributed by atoms with Crippen molar-refractivity contribution in [1.82, 2.24) is 0 Å². The number of rotatable bonds is 2. The van der Waals surface area contributed by atoms with Gasteiger partial charge in [-0.1, -0.05) is 25.3 Å². The Labute approximate surface area is 108 Å². The average molecular weight is 251 g/mol. The second kappa shape index (κ2) is 6.19. The van der Waals surface area contributed by atoms with Gasteiger partial charge in [0.2, 0.25) is 0 Å². The monoisotopic (exact) mass is 251 g/mol. The lowest BCUT2D eigenvalue weighted by Gasteiger charge is -2.27. The standard InChI is InChI=1S/C15H22FNO/c1-12(18)13-7-8-15(14(16)11-13)17-9-5-3-2-4-6-10-17/h7-8,11-12,18H,2-6,9-10H2,1H3/t12-/m1/s1. The molecule has 1 saturated heterocycles. The Kier molecular flexibility index (Phi) is 4.59. The van der Waals surface area contributed by atoms with Crippen LogP contribution in [0.5, 0.6) is 0 Å². The van der Waals surface area contributed by atoms with Crippen molar-refractivity contribution in [3.8, 4) is 0 Å². The third-order valence-electron chi connectivity index (χ3n) is 3.65. The van der Waals surface area contributed by atoms with Gasteiger partial charge in [0.25, 0.3) is 0 Å². The number of anilines is 1. The van der Waals surface area contributed by atoms with Crippen molar-refractivity contribution in [2.75, 3.05) is 18.0 Å². The van der Waals surface area contributed by atoms with Crippen LogP contribution < -0.4 is 4.90 Å². The van der Waals surface area contributed by atoms with Gasteiger partial charge in [-0.25, -0.2) is 4.39 Å². The minimum Gasteiger partial charge on any atom is -0.389 e. The first-order valence-electron chi connectivity index (χ1n) is 6.91. The molecule has 1 aromatic rings. The molecule has 0 amide bonds. The van der Waals surface area contributed by atoms with Gasteiger partial charge in [0.05, 0.1) is 11.8 Å². The summed E-state index contributed by atoms with van der Waals surface area (Å²) in [5.74, 6) is -0.214. The quantitative estimate of drug-likeness (QED) is 0.867. The van der Waals surface area contributed by atoms with Crippen molar-refractivity contribution in [2.45, 2.75) is 45.1 Å². The molecule has 1 aliphatic heterocycles. The summed E-state index contributed by atoms with van der Waals surface area (Å²) in [6, 6.07) is 5.08. The van der Waals surface area contributed by atoms with E-state index in [9.17, 15) is 9.50 Å². The summed E-state index contributed by atoms with van der Waals surface area (Å²) in [7, 11) is 0. The fraction of sp³-hybridized carbons (Fsp3) is 0.600. The molecular weight excluding hydrogens is 229 g/mol. The maximum atomic E-state index is 14.1. The molecule has 18 heavy (non-hydrogen) atoms. The molecule has 0 radical (unpaired) electrons. The van der Waals surface area contributed by atoms with Crippen LogP contribution in [0.3, 0.4) is 0 Å². The lowest BCUT2D eigenvalue weighted by Crippen LogP contribution is -2.27. The van der Waals surface area contributed by atoms with Crippen molar-refractivity contribution in [3.05, 3.63) is 29.6 Å². The summed E-state index contributed by atoms with van der Waals surface area (Å²) in [6.45, 7) is 3.53. The van der Waals surface area contributed by atoms with Crippen molar-refractivity contribution in [3.63, 3.8) is 0 Å². The lowest BCUT2D eigenvalue weighted by atomic mass is 10.1. The summed E-state index contributed by atoms with van der Waals surface area (Å²) < 4.78 is 14.1. The Balaban J connectivity index is 2.15. The molecule has 0 bridgehead atoms. The molecule has 0 saturated carbocycles. The molecule has 1 fully saturated rings. The molecule has 1 aliphatic rings. The Hall–Kier alpha value is -1.09. The van der Waals surface area contributed by atoms with Crippen LogP contribution in [0.25, 0.3) is 0 Å². The van der Waals surface area contributed by atoms with Gasteiger partial charge < -0.3 is 10.0 Å². The first-order valence-corrected chi connectivity index (χ1v) is 6.91. The number of halogens is 1. The highest BCUT2D eigenvalue weighted by Gasteiger charge is 2.14. The lowest BCUT2D eigenvalue weighted by molar-refractivity contribution is 0.199. The highest BCUT2D eigenvalue weighted by Crippen LogP contribution is 2.25. The first-order chi connectivity index (χ1) is 8.68. The van der Waals surface area contributed by atoms with E-state index in [0.29, 0.717) is 11.3 Å². The molecule has 0 aromatic heterocycles. The molecule has 0 spiro atoms. The molecule has 100 valence electrons. The van der Waals surface area contributed by atoms with Crippen LogP contribution in [-0.4, -0.2) is 18.2 Å². The van der Waals surface area contributed by atoms with Crippen LogP contribution >= 0.6 is 0 Å². The second-order valence-corrected chi connectivity index (χ2v) is 5.14. The van der Waals surface area contributed by atoms with E-state index in [1.165, 1.54) is 25.3 Å². The molecular formula is C15H22FNO. The predicted molar refractivity (Wildman–Crippen MR) is 72.3 cm³/mol. The number of hydrogen-bond acceptors (Lipinski definition) is 2. The Morgan fingerprint density at radius 3 is 2.28 bits per heavy atom. The molecule has 0 unspecified atom stereocenters. The smallest absolute Gasteiger partial charge is 0.146 e. The highest BCUT2D eigenvalue weighted by atomic mass is 19.1. The van der Waals surface area contributed by atoms with Crippen molar-refractivity contribution in [1.29, 1.82) is 0 Å². The van der Waals surface area contributed by atoms with E-state index < -0.39 is 6.10 Å². The molecule has 2 rings (SSSR count). The van der Waals surface area contributed by atoms with E-state index in [1.54, 1.807) is 13.0 Å². The van der Waals surface area contributed by atoms with Gasteiger partial charge in [-0.3, -0.25) is 0 Å². The topological polar surface area (TPSA) is 23.5 Å². The van der Waals surface area contributed by atoms with E-state index in [0.717, 1.165) is 25.9 Å². The Morgan fingerprint density at radius 1 is 1.11 bits per heavy atom. The zero-order valence-corrected chi connectivity index (χ0v) is 11.0. The number of hydrogen-bond donors (Lipinski definition) is 1. The Morgan fingerprint density at radius 2 is 1.72 bits per heavy atom. The fourth-order valence-electron chi connectivity index (χ4n) is 2.53. The van der Waals surface area contributed by atoms with Crippen LogP contribution in [0.15, 0.2) is 18.2 Å². The molecule has 1 heterocycles. The SMILES string of the molecule is C[C@@H](O)c1ccc(N2CCCCCCC2)c(F)c1. The zero-order valence-electron chi connectivity index (χ0n) is 11.0. The van der Waals surface area contributed by atoms with E-state index in [1.807, 2.05) is 6.07 Å². The molecule has 2 nitrogen and oxygen atoms in total. The summed E-state index contributed by atoms with van der Waals surface area (Å²) in [5.41, 5.74) is 1.32. The molecule has 3 heteroatoms. The fourth-order valence-corrected chi connectivity index (χ4v) is 2.53. The van der Waals surface area contributed by atoms with Gasteiger partial charge in [0.15, 0.2) is 0 Å². The molecule has 1 aromatic carbocycles. The van der Waals surface area contributed by atoms with Crippen LogP contribution in [0, 0.1) is 5.82 Å². The maximum absolute atomic E-state index is 14.1. The van der Waals surface area contributed by atoms with Crippen LogP contribution in [-0.2, 0) is 0 Å². The van der Waals surface area contributed by atoms with Gasteiger partial charge in [0.1, 0.15) is 5.82 Å². The van der Waals surface area contributed by atoms with Gasteiger partial charge >= 0.3 is 0 Å². The zero-order chi connectivity index (χ0) is 13.0. The van der Waals surface area contributed by atoms with E-state index in [2.05, 4.69) is 4.90 Å². The largest absolute Gasteiger partial charge is 0.389 e. The van der Waals surface area contributed by atoms with E-state index >= 15 is 0 Å². The van der Waals surface area contributed by atoms with E-state index in [4.69, 9.17) is 0 Å². The summed E-state index contributed by atoms with van der Waals surface area (Å²) in [6.07, 6.45) is 5.45.